The fourth-order valence-corrected chi connectivity index (χ4v) is 5.66. The van der Waals surface area contributed by atoms with Crippen LogP contribution in [0.2, 0.25) is 0 Å². The maximum absolute atomic E-state index is 12.8. The van der Waals surface area contributed by atoms with E-state index in [1.165, 1.54) is 5.57 Å². The highest BCUT2D eigenvalue weighted by Gasteiger charge is 2.72. The minimum Gasteiger partial charge on any atom is -0.443 e. The lowest BCUT2D eigenvalue weighted by atomic mass is 9.68. The molecule has 6 atom stereocenters. The topological polar surface area (TPSA) is 75.9 Å². The van der Waals surface area contributed by atoms with Crippen LogP contribution in [-0.2, 0) is 18.9 Å². The van der Waals surface area contributed by atoms with Gasteiger partial charge in [0.25, 0.3) is 0 Å². The van der Waals surface area contributed by atoms with Crippen molar-refractivity contribution < 1.29 is 23.7 Å². The summed E-state index contributed by atoms with van der Waals surface area (Å²) >= 11 is 0. The zero-order chi connectivity index (χ0) is 22.2. The minimum atomic E-state index is -0.303. The number of nitrogens with zero attached hydrogens (tertiary/aromatic N) is 1. The Morgan fingerprint density at radius 3 is 2.68 bits per heavy atom. The van der Waals surface area contributed by atoms with Crippen molar-refractivity contribution >= 4 is 6.09 Å². The van der Waals surface area contributed by atoms with Crippen LogP contribution < -0.4 is 5.32 Å². The van der Waals surface area contributed by atoms with Gasteiger partial charge in [0.2, 0.25) is 0 Å². The van der Waals surface area contributed by atoms with Crippen molar-refractivity contribution in [3.8, 4) is 0 Å². The van der Waals surface area contributed by atoms with Gasteiger partial charge in [0.1, 0.15) is 23.4 Å². The third-order valence-electron chi connectivity index (χ3n) is 7.68. The zero-order valence-corrected chi connectivity index (χ0v) is 19.8. The van der Waals surface area contributed by atoms with Gasteiger partial charge in [-0.25, -0.2) is 4.79 Å². The summed E-state index contributed by atoms with van der Waals surface area (Å²) in [7, 11) is 1.72. The second-order valence-corrected chi connectivity index (χ2v) is 10.2. The van der Waals surface area contributed by atoms with Crippen molar-refractivity contribution in [3.63, 3.8) is 0 Å². The van der Waals surface area contributed by atoms with Crippen LogP contribution in [0.15, 0.2) is 11.6 Å². The van der Waals surface area contributed by atoms with Crippen LogP contribution in [0.1, 0.15) is 53.4 Å². The predicted octanol–water partition coefficient (Wildman–Crippen LogP) is 3.13. The molecule has 4 aliphatic rings. The molecule has 3 aliphatic heterocycles. The van der Waals surface area contributed by atoms with E-state index in [0.29, 0.717) is 5.92 Å². The molecule has 4 fully saturated rings. The highest BCUT2D eigenvalue weighted by molar-refractivity contribution is 5.69. The van der Waals surface area contributed by atoms with Crippen molar-refractivity contribution in [2.75, 3.05) is 39.9 Å². The monoisotopic (exact) mass is 436 g/mol. The Hall–Kier alpha value is -1.15. The Labute approximate surface area is 186 Å². The van der Waals surface area contributed by atoms with Gasteiger partial charge >= 0.3 is 6.09 Å². The van der Waals surface area contributed by atoms with E-state index < -0.39 is 0 Å². The summed E-state index contributed by atoms with van der Waals surface area (Å²) < 4.78 is 24.2. The van der Waals surface area contributed by atoms with Crippen molar-refractivity contribution in [2.45, 2.75) is 82.9 Å². The van der Waals surface area contributed by atoms with E-state index in [-0.39, 0.29) is 41.5 Å². The molecule has 0 radical (unpaired) electrons. The van der Waals surface area contributed by atoms with E-state index in [4.69, 9.17) is 18.9 Å². The van der Waals surface area contributed by atoms with Gasteiger partial charge < -0.3 is 29.2 Å². The second kappa shape index (κ2) is 9.00. The molecule has 176 valence electrons. The van der Waals surface area contributed by atoms with Crippen molar-refractivity contribution in [1.29, 1.82) is 0 Å². The average Bonchev–Trinajstić information content (AvgIpc) is 3.60. The van der Waals surface area contributed by atoms with Gasteiger partial charge in [-0.1, -0.05) is 18.6 Å². The minimum absolute atomic E-state index is 0.0661. The number of nitrogens with one attached hydrogen (secondary N) is 1. The number of carbonyl (C=O) groups is 1. The number of hydrogen-bond acceptors (Lipinski definition) is 6. The summed E-state index contributed by atoms with van der Waals surface area (Å²) in [5.41, 5.74) is 0.807. The molecule has 0 unspecified atom stereocenters. The molecular weight excluding hydrogens is 396 g/mol. The van der Waals surface area contributed by atoms with Crippen molar-refractivity contribution in [2.24, 2.45) is 11.8 Å². The normalized spacial score (nSPS) is 39.2. The highest BCUT2D eigenvalue weighted by atomic mass is 16.6. The summed E-state index contributed by atoms with van der Waals surface area (Å²) in [6.07, 6.45) is 5.36. The highest BCUT2D eigenvalue weighted by Crippen LogP contribution is 2.59. The van der Waals surface area contributed by atoms with Crippen LogP contribution in [0.25, 0.3) is 0 Å². The van der Waals surface area contributed by atoms with Gasteiger partial charge in [-0.15, -0.1) is 0 Å². The number of methoxy groups -OCH3 is 1. The number of epoxide rings is 2. The van der Waals surface area contributed by atoms with Crippen LogP contribution in [0.5, 0.6) is 0 Å². The van der Waals surface area contributed by atoms with E-state index >= 15 is 0 Å². The van der Waals surface area contributed by atoms with Crippen LogP contribution in [0.4, 0.5) is 4.79 Å². The summed E-state index contributed by atoms with van der Waals surface area (Å²) in [4.78, 5) is 14.6. The van der Waals surface area contributed by atoms with Crippen molar-refractivity contribution in [3.05, 3.63) is 11.6 Å². The SMILES string of the molecule is CCNCCC1CN(C(=O)O[C@@H]2CC[C@]3(CO3)[C@@H]([C@@]3(C)O[C@@H]3CC=C(C)C)[C@@H]2OC)C1. The molecule has 1 aliphatic carbocycles. The fourth-order valence-electron chi connectivity index (χ4n) is 5.66. The maximum atomic E-state index is 12.8. The lowest BCUT2D eigenvalue weighted by molar-refractivity contribution is -0.124. The first-order chi connectivity index (χ1) is 14.8. The molecule has 1 amide bonds. The van der Waals surface area contributed by atoms with Gasteiger partial charge in [0, 0.05) is 20.2 Å². The first-order valence-electron chi connectivity index (χ1n) is 12.0. The molecule has 7 nitrogen and oxygen atoms in total. The van der Waals surface area contributed by atoms with E-state index in [2.05, 4.69) is 39.1 Å². The van der Waals surface area contributed by atoms with E-state index in [1.54, 1.807) is 7.11 Å². The molecule has 1 N–H and O–H groups in total. The van der Waals surface area contributed by atoms with Crippen LogP contribution in [0.3, 0.4) is 0 Å². The standard InChI is InChI=1S/C24H40N2O5/c1-6-25-12-10-17-13-26(14-17)22(27)30-18-9-11-24(15-29-24)21(20(18)28-5)23(4)19(31-23)8-7-16(2)3/h7,17-21,25H,6,8-15H2,1-5H3/t18-,19-,20-,21-,23+,24+/m1/s1. The van der Waals surface area contributed by atoms with Gasteiger partial charge in [-0.3, -0.25) is 0 Å². The third-order valence-corrected chi connectivity index (χ3v) is 7.68. The third kappa shape index (κ3) is 4.65. The molecule has 31 heavy (non-hydrogen) atoms. The predicted molar refractivity (Wildman–Crippen MR) is 118 cm³/mol. The zero-order valence-electron chi connectivity index (χ0n) is 19.8. The Kier molecular flexibility index (Phi) is 6.69. The van der Waals surface area contributed by atoms with E-state index in [1.807, 2.05) is 4.90 Å². The lowest BCUT2D eigenvalue weighted by Gasteiger charge is -2.44. The van der Waals surface area contributed by atoms with Gasteiger partial charge in [0.15, 0.2) is 0 Å². The Balaban J connectivity index is 1.36. The molecule has 3 heterocycles. The number of rotatable bonds is 9. The maximum Gasteiger partial charge on any atom is 0.410 e. The number of carbonyl (C=O) groups excluding carboxylic acids is 1. The molecule has 4 rings (SSSR count). The smallest absolute Gasteiger partial charge is 0.410 e. The molecule has 0 aromatic rings. The molecule has 0 bridgehead atoms. The molecule has 3 saturated heterocycles. The molecule has 0 aromatic heterocycles. The quantitative estimate of drug-likeness (QED) is 0.340. The summed E-state index contributed by atoms with van der Waals surface area (Å²) in [5, 5.41) is 3.35. The Morgan fingerprint density at radius 1 is 1.32 bits per heavy atom. The number of amides is 1. The molecule has 7 heteroatoms. The summed E-state index contributed by atoms with van der Waals surface area (Å²) in [6.45, 7) is 12.8. The number of likely N-dealkylation sites (tertiary alicyclic amines) is 1. The Bertz CT molecular complexity index is 683. The summed E-state index contributed by atoms with van der Waals surface area (Å²) in [6, 6.07) is 0. The van der Waals surface area contributed by atoms with E-state index in [9.17, 15) is 4.79 Å². The molecule has 1 spiro atoms. The first-order valence-corrected chi connectivity index (χ1v) is 12.0. The van der Waals surface area contributed by atoms with Crippen LogP contribution in [0, 0.1) is 11.8 Å². The molecule has 1 saturated carbocycles. The summed E-state index contributed by atoms with van der Waals surface area (Å²) in [5.74, 6) is 0.637. The first kappa shape index (κ1) is 23.0. The molecule has 0 aromatic carbocycles. The number of ether oxygens (including phenoxy) is 4. The van der Waals surface area contributed by atoms with Gasteiger partial charge in [-0.05, 0) is 65.5 Å². The fraction of sp³-hybridized carbons (Fsp3) is 0.875. The van der Waals surface area contributed by atoms with Gasteiger partial charge in [0.05, 0.1) is 18.6 Å². The Morgan fingerprint density at radius 2 is 2.06 bits per heavy atom. The van der Waals surface area contributed by atoms with Gasteiger partial charge in [-0.2, -0.15) is 0 Å². The average molecular weight is 437 g/mol. The number of allylic oxidation sites excluding steroid dienone is 1. The van der Waals surface area contributed by atoms with Crippen LogP contribution in [-0.4, -0.2) is 80.4 Å². The van der Waals surface area contributed by atoms with Crippen LogP contribution >= 0.6 is 0 Å². The lowest BCUT2D eigenvalue weighted by Crippen LogP contribution is -2.57. The van der Waals surface area contributed by atoms with E-state index in [0.717, 1.165) is 58.5 Å². The number of hydrogen-bond donors (Lipinski definition) is 1. The second-order valence-electron chi connectivity index (χ2n) is 10.2. The molecular formula is C24H40N2O5. The van der Waals surface area contributed by atoms with Crippen molar-refractivity contribution in [1.82, 2.24) is 10.2 Å². The largest absolute Gasteiger partial charge is 0.443 e.